The number of sulfonamides is 1. The fourth-order valence-corrected chi connectivity index (χ4v) is 4.81. The van der Waals surface area contributed by atoms with E-state index in [1.54, 1.807) is 0 Å². The summed E-state index contributed by atoms with van der Waals surface area (Å²) in [7, 11) is -3.22. The zero-order valence-corrected chi connectivity index (χ0v) is 16.5. The lowest BCUT2D eigenvalue weighted by molar-refractivity contribution is -0.138. The summed E-state index contributed by atoms with van der Waals surface area (Å²) < 4.78 is 25.0. The van der Waals surface area contributed by atoms with Crippen LogP contribution < -0.4 is 0 Å². The van der Waals surface area contributed by atoms with Gasteiger partial charge in [0.2, 0.25) is 15.9 Å². The van der Waals surface area contributed by atoms with E-state index in [9.17, 15) is 13.2 Å². The van der Waals surface area contributed by atoms with Gasteiger partial charge in [-0.25, -0.2) is 12.7 Å². The number of aryl methyl sites for hydroxylation is 1. The Bertz CT molecular complexity index is 742. The maximum Gasteiger partial charge on any atom is 0.227 e. The van der Waals surface area contributed by atoms with Crippen molar-refractivity contribution >= 4 is 15.9 Å². The number of piperazine rings is 1. The molecule has 2 fully saturated rings. The Morgan fingerprint density at radius 1 is 1.15 bits per heavy atom. The first-order valence-corrected chi connectivity index (χ1v) is 11.2. The molecule has 2 heterocycles. The standard InChI is InChI=1S/C19H29N3O3S/c1-16-5-3-6-17(13-16)14-20-9-11-21(12-10-20)19(23)18-7-4-8-22(15-18)26(2,24)25/h3,5-6,13,18H,4,7-12,14-15H2,1-2H3/t18-/m0/s1. The molecule has 1 aromatic carbocycles. The van der Waals surface area contributed by atoms with Crippen LogP contribution in [0.4, 0.5) is 0 Å². The number of hydrogen-bond acceptors (Lipinski definition) is 4. The highest BCUT2D eigenvalue weighted by molar-refractivity contribution is 7.88. The summed E-state index contributed by atoms with van der Waals surface area (Å²) in [4.78, 5) is 17.1. The van der Waals surface area contributed by atoms with Crippen LogP contribution >= 0.6 is 0 Å². The van der Waals surface area contributed by atoms with E-state index in [1.807, 2.05) is 4.90 Å². The lowest BCUT2D eigenvalue weighted by atomic mass is 9.97. The van der Waals surface area contributed by atoms with E-state index in [-0.39, 0.29) is 11.8 Å². The van der Waals surface area contributed by atoms with Gasteiger partial charge in [-0.15, -0.1) is 0 Å². The smallest absolute Gasteiger partial charge is 0.227 e. The third-order valence-electron chi connectivity index (χ3n) is 5.38. The summed E-state index contributed by atoms with van der Waals surface area (Å²) >= 11 is 0. The van der Waals surface area contributed by atoms with Crippen molar-refractivity contribution in [2.75, 3.05) is 45.5 Å². The molecule has 1 atom stereocenters. The Morgan fingerprint density at radius 3 is 2.54 bits per heavy atom. The van der Waals surface area contributed by atoms with Gasteiger partial charge >= 0.3 is 0 Å². The number of hydrogen-bond donors (Lipinski definition) is 0. The van der Waals surface area contributed by atoms with E-state index >= 15 is 0 Å². The van der Waals surface area contributed by atoms with E-state index in [2.05, 4.69) is 36.1 Å². The highest BCUT2D eigenvalue weighted by atomic mass is 32.2. The van der Waals surface area contributed by atoms with Crippen molar-refractivity contribution in [2.24, 2.45) is 5.92 Å². The fraction of sp³-hybridized carbons (Fsp3) is 0.632. The first-order chi connectivity index (χ1) is 12.3. The van der Waals surface area contributed by atoms with E-state index in [0.29, 0.717) is 13.1 Å². The summed E-state index contributed by atoms with van der Waals surface area (Å²) in [6, 6.07) is 8.54. The third-order valence-corrected chi connectivity index (χ3v) is 6.64. The molecule has 26 heavy (non-hydrogen) atoms. The van der Waals surface area contributed by atoms with Crippen LogP contribution in [0.5, 0.6) is 0 Å². The number of carbonyl (C=O) groups excluding carboxylic acids is 1. The van der Waals surface area contributed by atoms with Crippen LogP contribution in [-0.4, -0.2) is 74.0 Å². The van der Waals surface area contributed by atoms with Crippen molar-refractivity contribution in [1.29, 1.82) is 0 Å². The minimum atomic E-state index is -3.22. The SMILES string of the molecule is Cc1cccc(CN2CCN(C(=O)[C@H]3CCCN(S(C)(=O)=O)C3)CC2)c1. The minimum absolute atomic E-state index is 0.119. The molecule has 0 N–H and O–H groups in total. The lowest BCUT2D eigenvalue weighted by Crippen LogP contribution is -2.52. The van der Waals surface area contributed by atoms with Crippen molar-refractivity contribution in [3.05, 3.63) is 35.4 Å². The summed E-state index contributed by atoms with van der Waals surface area (Å²) in [6.07, 6.45) is 2.77. The van der Waals surface area contributed by atoms with Crippen LogP contribution in [0.15, 0.2) is 24.3 Å². The number of amides is 1. The molecule has 0 spiro atoms. The minimum Gasteiger partial charge on any atom is -0.340 e. The monoisotopic (exact) mass is 379 g/mol. The van der Waals surface area contributed by atoms with Crippen molar-refractivity contribution < 1.29 is 13.2 Å². The second-order valence-electron chi connectivity index (χ2n) is 7.55. The number of nitrogens with zero attached hydrogens (tertiary/aromatic N) is 3. The normalized spacial score (nSPS) is 23.2. The molecule has 7 heteroatoms. The van der Waals surface area contributed by atoms with Gasteiger partial charge in [-0.3, -0.25) is 9.69 Å². The second-order valence-corrected chi connectivity index (χ2v) is 9.53. The van der Waals surface area contributed by atoms with Crippen LogP contribution in [-0.2, 0) is 21.4 Å². The molecule has 0 aliphatic carbocycles. The molecule has 0 aromatic heterocycles. The molecular weight excluding hydrogens is 350 g/mol. The number of rotatable bonds is 4. The largest absolute Gasteiger partial charge is 0.340 e. The van der Waals surface area contributed by atoms with E-state index in [1.165, 1.54) is 21.7 Å². The molecule has 1 amide bonds. The molecule has 2 aliphatic heterocycles. The second kappa shape index (κ2) is 8.06. The average Bonchev–Trinajstić information content (AvgIpc) is 2.61. The Hall–Kier alpha value is -1.44. The lowest BCUT2D eigenvalue weighted by Gasteiger charge is -2.38. The number of benzene rings is 1. The maximum absolute atomic E-state index is 12.8. The molecule has 144 valence electrons. The highest BCUT2D eigenvalue weighted by Crippen LogP contribution is 2.21. The first kappa shape index (κ1) is 19.3. The summed E-state index contributed by atoms with van der Waals surface area (Å²) in [5, 5.41) is 0. The van der Waals surface area contributed by atoms with Crippen molar-refractivity contribution in [3.63, 3.8) is 0 Å². The molecule has 6 nitrogen and oxygen atoms in total. The van der Waals surface area contributed by atoms with Crippen LogP contribution in [0.1, 0.15) is 24.0 Å². The molecule has 0 bridgehead atoms. The van der Waals surface area contributed by atoms with Crippen molar-refractivity contribution in [1.82, 2.24) is 14.1 Å². The Morgan fingerprint density at radius 2 is 1.88 bits per heavy atom. The molecule has 2 aliphatic rings. The van der Waals surface area contributed by atoms with Gasteiger partial charge in [-0.05, 0) is 25.3 Å². The quantitative estimate of drug-likeness (QED) is 0.791. The molecule has 2 saturated heterocycles. The van der Waals surface area contributed by atoms with Gasteiger partial charge in [-0.2, -0.15) is 0 Å². The Kier molecular flexibility index (Phi) is 5.99. The third kappa shape index (κ3) is 4.84. The Balaban J connectivity index is 1.52. The molecule has 0 saturated carbocycles. The molecular formula is C19H29N3O3S. The zero-order chi connectivity index (χ0) is 18.7. The summed E-state index contributed by atoms with van der Waals surface area (Å²) in [5.41, 5.74) is 2.57. The predicted octanol–water partition coefficient (Wildman–Crippen LogP) is 1.31. The fourth-order valence-electron chi connectivity index (χ4n) is 3.90. The molecule has 0 unspecified atom stereocenters. The van der Waals surface area contributed by atoms with E-state index in [4.69, 9.17) is 0 Å². The summed E-state index contributed by atoms with van der Waals surface area (Å²) in [5.74, 6) is -0.0737. The van der Waals surface area contributed by atoms with Crippen molar-refractivity contribution in [2.45, 2.75) is 26.3 Å². The molecule has 0 radical (unpaired) electrons. The molecule has 1 aromatic rings. The zero-order valence-electron chi connectivity index (χ0n) is 15.7. The van der Waals surface area contributed by atoms with Crippen LogP contribution in [0.2, 0.25) is 0 Å². The summed E-state index contributed by atoms with van der Waals surface area (Å²) in [6.45, 7) is 7.05. The van der Waals surface area contributed by atoms with Gasteiger partial charge in [0, 0.05) is 45.8 Å². The van der Waals surface area contributed by atoms with Gasteiger partial charge < -0.3 is 4.90 Å². The van der Waals surface area contributed by atoms with Gasteiger partial charge in [0.05, 0.1) is 12.2 Å². The van der Waals surface area contributed by atoms with E-state index in [0.717, 1.165) is 45.6 Å². The number of carbonyl (C=O) groups is 1. The van der Waals surface area contributed by atoms with Crippen LogP contribution in [0.25, 0.3) is 0 Å². The first-order valence-electron chi connectivity index (χ1n) is 9.35. The average molecular weight is 380 g/mol. The number of piperidine rings is 1. The van der Waals surface area contributed by atoms with Gasteiger partial charge in [-0.1, -0.05) is 29.8 Å². The van der Waals surface area contributed by atoms with Gasteiger partial charge in [0.1, 0.15) is 0 Å². The Labute approximate surface area is 156 Å². The molecule has 3 rings (SSSR count). The topological polar surface area (TPSA) is 60.9 Å². The van der Waals surface area contributed by atoms with Crippen LogP contribution in [0, 0.1) is 12.8 Å². The maximum atomic E-state index is 12.8. The van der Waals surface area contributed by atoms with E-state index < -0.39 is 10.0 Å². The highest BCUT2D eigenvalue weighted by Gasteiger charge is 2.33. The predicted molar refractivity (Wildman–Crippen MR) is 102 cm³/mol. The van der Waals surface area contributed by atoms with Crippen LogP contribution in [0.3, 0.4) is 0 Å². The van der Waals surface area contributed by atoms with Gasteiger partial charge in [0.15, 0.2) is 0 Å². The van der Waals surface area contributed by atoms with Gasteiger partial charge in [0.25, 0.3) is 0 Å². The van der Waals surface area contributed by atoms with Crippen molar-refractivity contribution in [3.8, 4) is 0 Å².